The molecule has 0 unspecified atom stereocenters. The second kappa shape index (κ2) is 9.18. The monoisotopic (exact) mass is 529 g/mol. The Labute approximate surface area is 220 Å². The summed E-state index contributed by atoms with van der Waals surface area (Å²) < 4.78 is 33.1. The number of sulfonamides is 1. The predicted octanol–water partition coefficient (Wildman–Crippen LogP) is 4.34. The average Bonchev–Trinajstić information content (AvgIpc) is 3.52. The highest BCUT2D eigenvalue weighted by Gasteiger charge is 2.25. The first-order chi connectivity index (χ1) is 18.3. The van der Waals surface area contributed by atoms with Crippen molar-refractivity contribution in [1.29, 1.82) is 0 Å². The minimum absolute atomic E-state index is 0.148. The molecular formula is C27H27N7O3S. The van der Waals surface area contributed by atoms with Crippen molar-refractivity contribution >= 4 is 32.6 Å². The van der Waals surface area contributed by atoms with E-state index in [9.17, 15) is 8.42 Å². The summed E-state index contributed by atoms with van der Waals surface area (Å²) >= 11 is 0. The summed E-state index contributed by atoms with van der Waals surface area (Å²) in [4.78, 5) is 15.0. The summed E-state index contributed by atoms with van der Waals surface area (Å²) in [6.45, 7) is 5.53. The van der Waals surface area contributed by atoms with Gasteiger partial charge in [0.2, 0.25) is 0 Å². The Bertz CT molecular complexity index is 1700. The number of H-pyrrole nitrogens is 2. The normalized spacial score (nSPS) is 13.5. The molecule has 0 bridgehead atoms. The molecule has 4 heterocycles. The molecule has 6 rings (SSSR count). The molecule has 38 heavy (non-hydrogen) atoms. The lowest BCUT2D eigenvalue weighted by molar-refractivity contribution is 0.414. The number of benzene rings is 2. The molecule has 3 aromatic heterocycles. The third kappa shape index (κ3) is 4.34. The van der Waals surface area contributed by atoms with Crippen molar-refractivity contribution in [2.45, 2.75) is 31.7 Å². The minimum Gasteiger partial charge on any atom is -0.497 e. The molecule has 11 heteroatoms. The van der Waals surface area contributed by atoms with Crippen LogP contribution in [-0.4, -0.2) is 47.2 Å². The van der Waals surface area contributed by atoms with E-state index >= 15 is 0 Å². The quantitative estimate of drug-likeness (QED) is 0.298. The van der Waals surface area contributed by atoms with Gasteiger partial charge in [-0.3, -0.25) is 9.82 Å². The Morgan fingerprint density at radius 1 is 1.05 bits per heavy atom. The Kier molecular flexibility index (Phi) is 5.79. The summed E-state index contributed by atoms with van der Waals surface area (Å²) in [6, 6.07) is 14.0. The number of nitrogens with zero attached hydrogens (tertiary/aromatic N) is 4. The molecule has 1 aliphatic heterocycles. The number of hydrogen-bond acceptors (Lipinski definition) is 7. The summed E-state index contributed by atoms with van der Waals surface area (Å²) in [5.74, 6) is 2.13. The molecule has 0 aliphatic carbocycles. The lowest BCUT2D eigenvalue weighted by atomic mass is 10.0. The van der Waals surface area contributed by atoms with Crippen LogP contribution in [0, 0.1) is 13.8 Å². The third-order valence-corrected chi connectivity index (χ3v) is 8.35. The van der Waals surface area contributed by atoms with Crippen LogP contribution in [0.2, 0.25) is 0 Å². The number of anilines is 2. The summed E-state index contributed by atoms with van der Waals surface area (Å²) in [5, 5.41) is 7.75. The number of imidazole rings is 1. The Balaban J connectivity index is 1.17. The number of aryl methyl sites for hydroxylation is 2. The lowest BCUT2D eigenvalue weighted by Crippen LogP contribution is -2.31. The molecule has 0 spiro atoms. The smallest absolute Gasteiger partial charge is 0.261 e. The first-order valence-electron chi connectivity index (χ1n) is 12.2. The van der Waals surface area contributed by atoms with Crippen molar-refractivity contribution in [3.05, 3.63) is 77.1 Å². The van der Waals surface area contributed by atoms with E-state index < -0.39 is 10.0 Å². The van der Waals surface area contributed by atoms with E-state index in [4.69, 9.17) is 9.72 Å². The molecule has 0 saturated carbocycles. The Morgan fingerprint density at radius 2 is 1.84 bits per heavy atom. The highest BCUT2D eigenvalue weighted by atomic mass is 32.2. The van der Waals surface area contributed by atoms with Crippen LogP contribution < -0.4 is 14.4 Å². The molecule has 3 N–H and O–H groups in total. The standard InChI is InChI=1S/C27H27N7O3S/c1-16-12-22-23(13-17(16)2)30-27(29-22)26-21-10-11-34(15-24(21)31-32-26)25-9-4-18(14-28-25)33-38(35,36)20-7-5-19(37-3)6-8-20/h4-9,12-14,33H,10-11,15H2,1-3H3,(H,29,30)(H,31,32). The third-order valence-electron chi connectivity index (χ3n) is 6.95. The van der Waals surface area contributed by atoms with Gasteiger partial charge in [0.1, 0.15) is 17.3 Å². The van der Waals surface area contributed by atoms with Gasteiger partial charge in [-0.2, -0.15) is 5.10 Å². The van der Waals surface area contributed by atoms with Crippen molar-refractivity contribution in [1.82, 2.24) is 25.1 Å². The number of hydrogen-bond donors (Lipinski definition) is 3. The SMILES string of the molecule is COc1ccc(S(=O)(=O)Nc2ccc(N3CCc4c(n[nH]c4-c4nc5cc(C)c(C)cc5[nH]4)C3)nc2)cc1. The molecule has 0 amide bonds. The van der Waals surface area contributed by atoms with Gasteiger partial charge in [-0.1, -0.05) is 0 Å². The zero-order chi connectivity index (χ0) is 26.4. The van der Waals surface area contributed by atoms with E-state index in [0.717, 1.165) is 52.6 Å². The van der Waals surface area contributed by atoms with Crippen molar-refractivity contribution in [3.63, 3.8) is 0 Å². The fraction of sp³-hybridized carbons (Fsp3) is 0.222. The van der Waals surface area contributed by atoms with Crippen molar-refractivity contribution < 1.29 is 13.2 Å². The Hall–Kier alpha value is -4.38. The van der Waals surface area contributed by atoms with E-state index in [1.165, 1.54) is 36.6 Å². The van der Waals surface area contributed by atoms with Crippen LogP contribution in [0.5, 0.6) is 5.75 Å². The maximum Gasteiger partial charge on any atom is 0.261 e. The summed E-state index contributed by atoms with van der Waals surface area (Å²) in [6.07, 6.45) is 2.31. The number of fused-ring (bicyclic) bond motifs is 2. The van der Waals surface area contributed by atoms with Crippen molar-refractivity contribution in [2.75, 3.05) is 23.3 Å². The Morgan fingerprint density at radius 3 is 2.58 bits per heavy atom. The van der Waals surface area contributed by atoms with E-state index in [2.05, 4.69) is 55.8 Å². The highest BCUT2D eigenvalue weighted by Crippen LogP contribution is 2.30. The highest BCUT2D eigenvalue weighted by molar-refractivity contribution is 7.92. The molecule has 0 saturated heterocycles. The van der Waals surface area contributed by atoms with E-state index in [1.54, 1.807) is 18.2 Å². The number of aromatic nitrogens is 5. The fourth-order valence-electron chi connectivity index (χ4n) is 4.69. The molecule has 0 fully saturated rings. The molecule has 10 nitrogen and oxygen atoms in total. The van der Waals surface area contributed by atoms with Crippen LogP contribution in [0.1, 0.15) is 22.4 Å². The van der Waals surface area contributed by atoms with Gasteiger partial charge in [-0.25, -0.2) is 18.4 Å². The number of ether oxygens (including phenoxy) is 1. The minimum atomic E-state index is -3.74. The molecule has 194 valence electrons. The second-order valence-electron chi connectivity index (χ2n) is 9.42. The zero-order valence-corrected chi connectivity index (χ0v) is 22.1. The van der Waals surface area contributed by atoms with Gasteiger partial charge < -0.3 is 14.6 Å². The molecule has 0 radical (unpaired) electrons. The van der Waals surface area contributed by atoms with Gasteiger partial charge in [-0.15, -0.1) is 0 Å². The van der Waals surface area contributed by atoms with Crippen molar-refractivity contribution in [3.8, 4) is 17.3 Å². The second-order valence-corrected chi connectivity index (χ2v) is 11.1. The number of pyridine rings is 1. The molecular weight excluding hydrogens is 502 g/mol. The number of nitrogens with one attached hydrogen (secondary N) is 3. The summed E-state index contributed by atoms with van der Waals surface area (Å²) in [5.41, 5.74) is 7.79. The van der Waals surface area contributed by atoms with Gasteiger partial charge >= 0.3 is 0 Å². The first-order valence-corrected chi connectivity index (χ1v) is 13.7. The van der Waals surface area contributed by atoms with Gasteiger partial charge in [0.25, 0.3) is 10.0 Å². The largest absolute Gasteiger partial charge is 0.497 e. The average molecular weight is 530 g/mol. The summed E-state index contributed by atoms with van der Waals surface area (Å²) in [7, 11) is -2.20. The molecule has 2 aromatic carbocycles. The number of aromatic amines is 2. The van der Waals surface area contributed by atoms with Gasteiger partial charge in [0.05, 0.1) is 47.2 Å². The van der Waals surface area contributed by atoms with Crippen LogP contribution in [0.3, 0.4) is 0 Å². The topological polar surface area (TPSA) is 129 Å². The lowest BCUT2D eigenvalue weighted by Gasteiger charge is -2.27. The molecule has 0 atom stereocenters. The van der Waals surface area contributed by atoms with E-state index in [0.29, 0.717) is 18.0 Å². The van der Waals surface area contributed by atoms with Crippen LogP contribution in [-0.2, 0) is 23.0 Å². The maximum absolute atomic E-state index is 12.7. The predicted molar refractivity (Wildman–Crippen MR) is 146 cm³/mol. The molecule has 1 aliphatic rings. The van der Waals surface area contributed by atoms with Gasteiger partial charge in [0.15, 0.2) is 5.82 Å². The fourth-order valence-corrected chi connectivity index (χ4v) is 5.73. The number of rotatable bonds is 6. The first kappa shape index (κ1) is 24.0. The number of methoxy groups -OCH3 is 1. The van der Waals surface area contributed by atoms with Crippen LogP contribution in [0.15, 0.2) is 59.6 Å². The molecule has 5 aromatic rings. The van der Waals surface area contributed by atoms with Crippen LogP contribution >= 0.6 is 0 Å². The van der Waals surface area contributed by atoms with Crippen LogP contribution in [0.4, 0.5) is 11.5 Å². The zero-order valence-electron chi connectivity index (χ0n) is 21.2. The maximum atomic E-state index is 12.7. The van der Waals surface area contributed by atoms with Gasteiger partial charge in [0, 0.05) is 12.1 Å². The van der Waals surface area contributed by atoms with E-state index in [-0.39, 0.29) is 4.90 Å². The van der Waals surface area contributed by atoms with E-state index in [1.807, 2.05) is 6.07 Å². The van der Waals surface area contributed by atoms with Crippen LogP contribution in [0.25, 0.3) is 22.6 Å². The van der Waals surface area contributed by atoms with Crippen molar-refractivity contribution in [2.24, 2.45) is 0 Å². The van der Waals surface area contributed by atoms with Gasteiger partial charge in [-0.05, 0) is 79.9 Å².